The van der Waals surface area contributed by atoms with E-state index < -0.39 is 0 Å². The number of hydrogen-bond acceptors (Lipinski definition) is 1. The number of nitrogens with zero attached hydrogens (tertiary/aromatic N) is 1. The molecule has 0 N–H and O–H groups in total. The highest BCUT2D eigenvalue weighted by atomic mass is 15.1. The molecule has 0 amide bonds. The molecule has 0 saturated heterocycles. The van der Waals surface area contributed by atoms with E-state index in [4.69, 9.17) is 0 Å². The maximum absolute atomic E-state index is 2.48. The van der Waals surface area contributed by atoms with Crippen molar-refractivity contribution in [1.82, 2.24) is 0 Å². The summed E-state index contributed by atoms with van der Waals surface area (Å²) in [5, 5.41) is 7.61. The molecule has 0 bridgehead atoms. The summed E-state index contributed by atoms with van der Waals surface area (Å²) in [5.74, 6) is 0. The van der Waals surface area contributed by atoms with Gasteiger partial charge >= 0.3 is 0 Å². The number of benzene rings is 11. The summed E-state index contributed by atoms with van der Waals surface area (Å²) in [4.78, 5) is 2.44. The van der Waals surface area contributed by atoms with Gasteiger partial charge in [-0.3, -0.25) is 0 Å². The first-order valence-corrected chi connectivity index (χ1v) is 21.6. The first kappa shape index (κ1) is 34.8. The second-order valence-corrected chi connectivity index (χ2v) is 16.7. The topological polar surface area (TPSA) is 3.24 Å². The Balaban J connectivity index is 0.989. The van der Waals surface area contributed by atoms with Crippen LogP contribution in [0.4, 0.5) is 17.1 Å². The SMILES string of the molecule is c1ccc(-c2ccccc2N(c2ccc(-c3ccc4c(c3)C3(c5ccccc5-c5ccccc53)c3ccccc3-4)cc2)c2ccc3c4ccccc4c4ccccc4c3c2)cc1. The molecule has 1 spiro atoms. The Labute approximate surface area is 361 Å². The smallest absolute Gasteiger partial charge is 0.0725 e. The molecule has 0 radical (unpaired) electrons. The molecule has 62 heavy (non-hydrogen) atoms. The third-order valence-corrected chi connectivity index (χ3v) is 13.7. The molecule has 2 aliphatic rings. The zero-order valence-electron chi connectivity index (χ0n) is 34.0. The van der Waals surface area contributed by atoms with Crippen LogP contribution in [0.3, 0.4) is 0 Å². The quantitative estimate of drug-likeness (QED) is 0.157. The fourth-order valence-electron chi connectivity index (χ4n) is 11.1. The van der Waals surface area contributed by atoms with Crippen molar-refractivity contribution in [2.45, 2.75) is 5.41 Å². The molecule has 0 unspecified atom stereocenters. The van der Waals surface area contributed by atoms with Crippen LogP contribution in [0.25, 0.3) is 76.8 Å². The predicted molar refractivity (Wildman–Crippen MR) is 261 cm³/mol. The van der Waals surface area contributed by atoms with E-state index in [1.807, 2.05) is 0 Å². The third-order valence-electron chi connectivity index (χ3n) is 13.7. The summed E-state index contributed by atoms with van der Waals surface area (Å²) in [7, 11) is 0. The van der Waals surface area contributed by atoms with Gasteiger partial charge in [-0.15, -0.1) is 0 Å². The zero-order chi connectivity index (χ0) is 40.8. The Kier molecular flexibility index (Phi) is 7.59. The molecule has 1 nitrogen and oxygen atoms in total. The maximum atomic E-state index is 2.48. The fraction of sp³-hybridized carbons (Fsp3) is 0.0164. The lowest BCUT2D eigenvalue weighted by Gasteiger charge is -2.30. The summed E-state index contributed by atoms with van der Waals surface area (Å²) in [5.41, 5.74) is 18.5. The van der Waals surface area contributed by atoms with E-state index in [0.717, 1.165) is 17.1 Å². The molecule has 0 fully saturated rings. The number of rotatable bonds is 5. The molecule has 0 heterocycles. The van der Waals surface area contributed by atoms with Crippen LogP contribution in [0.5, 0.6) is 0 Å². The Hall–Kier alpha value is -8.00. The van der Waals surface area contributed by atoms with E-state index in [-0.39, 0.29) is 5.41 Å². The summed E-state index contributed by atoms with van der Waals surface area (Å²) >= 11 is 0. The Morgan fingerprint density at radius 2 is 0.677 bits per heavy atom. The van der Waals surface area contributed by atoms with Crippen molar-refractivity contribution in [3.05, 3.63) is 259 Å². The van der Waals surface area contributed by atoms with Crippen LogP contribution in [0, 0.1) is 0 Å². The van der Waals surface area contributed by atoms with Crippen LogP contribution in [-0.4, -0.2) is 0 Å². The van der Waals surface area contributed by atoms with E-state index in [0.29, 0.717) is 0 Å². The zero-order valence-corrected chi connectivity index (χ0v) is 34.0. The molecule has 2 aliphatic carbocycles. The molecule has 11 aromatic carbocycles. The second-order valence-electron chi connectivity index (χ2n) is 16.7. The van der Waals surface area contributed by atoms with Crippen LogP contribution in [0.15, 0.2) is 237 Å². The highest BCUT2D eigenvalue weighted by molar-refractivity contribution is 6.25. The van der Waals surface area contributed by atoms with Crippen LogP contribution in [0.2, 0.25) is 0 Å². The average Bonchev–Trinajstić information content (AvgIpc) is 3.82. The summed E-state index contributed by atoms with van der Waals surface area (Å²) in [6.45, 7) is 0. The fourth-order valence-corrected chi connectivity index (χ4v) is 11.1. The van der Waals surface area contributed by atoms with Gasteiger partial charge in [-0.05, 0) is 130 Å². The van der Waals surface area contributed by atoms with Crippen molar-refractivity contribution in [3.63, 3.8) is 0 Å². The Bertz CT molecular complexity index is 3480. The predicted octanol–water partition coefficient (Wildman–Crippen LogP) is 16.3. The highest BCUT2D eigenvalue weighted by Crippen LogP contribution is 2.63. The molecular formula is C61H39N. The normalized spacial score (nSPS) is 13.0. The minimum atomic E-state index is -0.376. The van der Waals surface area contributed by atoms with Gasteiger partial charge in [0.2, 0.25) is 0 Å². The van der Waals surface area contributed by atoms with Crippen molar-refractivity contribution in [1.29, 1.82) is 0 Å². The van der Waals surface area contributed by atoms with E-state index in [9.17, 15) is 0 Å². The lowest BCUT2D eigenvalue weighted by molar-refractivity contribution is 0.794. The van der Waals surface area contributed by atoms with Gasteiger partial charge < -0.3 is 4.90 Å². The molecule has 11 aromatic rings. The van der Waals surface area contributed by atoms with Gasteiger partial charge in [0.05, 0.1) is 11.1 Å². The van der Waals surface area contributed by atoms with Gasteiger partial charge in [0.15, 0.2) is 0 Å². The van der Waals surface area contributed by atoms with E-state index in [1.165, 1.54) is 99.1 Å². The molecular weight excluding hydrogens is 747 g/mol. The molecule has 288 valence electrons. The van der Waals surface area contributed by atoms with Gasteiger partial charge in [-0.25, -0.2) is 0 Å². The van der Waals surface area contributed by atoms with E-state index >= 15 is 0 Å². The molecule has 0 saturated carbocycles. The molecule has 0 aromatic heterocycles. The van der Waals surface area contributed by atoms with Gasteiger partial charge in [-0.2, -0.15) is 0 Å². The monoisotopic (exact) mass is 785 g/mol. The third kappa shape index (κ3) is 4.91. The van der Waals surface area contributed by atoms with Gasteiger partial charge in [-0.1, -0.05) is 200 Å². The minimum Gasteiger partial charge on any atom is -0.310 e. The molecule has 1 heteroatoms. The molecule has 0 atom stereocenters. The van der Waals surface area contributed by atoms with Crippen molar-refractivity contribution < 1.29 is 0 Å². The van der Waals surface area contributed by atoms with Gasteiger partial charge in [0.1, 0.15) is 0 Å². The van der Waals surface area contributed by atoms with E-state index in [2.05, 4.69) is 241 Å². The van der Waals surface area contributed by atoms with Crippen molar-refractivity contribution in [3.8, 4) is 44.5 Å². The number of anilines is 3. The number of fused-ring (bicyclic) bond motifs is 16. The summed E-state index contributed by atoms with van der Waals surface area (Å²) < 4.78 is 0. The van der Waals surface area contributed by atoms with Crippen LogP contribution in [-0.2, 0) is 5.41 Å². The largest absolute Gasteiger partial charge is 0.310 e. The Morgan fingerprint density at radius 3 is 1.27 bits per heavy atom. The first-order valence-electron chi connectivity index (χ1n) is 21.6. The first-order chi connectivity index (χ1) is 30.8. The average molecular weight is 786 g/mol. The lowest BCUT2D eigenvalue weighted by atomic mass is 9.70. The van der Waals surface area contributed by atoms with Crippen molar-refractivity contribution in [2.24, 2.45) is 0 Å². The number of hydrogen-bond donors (Lipinski definition) is 0. The highest BCUT2D eigenvalue weighted by Gasteiger charge is 2.51. The van der Waals surface area contributed by atoms with Crippen molar-refractivity contribution in [2.75, 3.05) is 4.90 Å². The second kappa shape index (κ2) is 13.5. The van der Waals surface area contributed by atoms with Gasteiger partial charge in [0, 0.05) is 16.9 Å². The van der Waals surface area contributed by atoms with Crippen LogP contribution < -0.4 is 4.90 Å². The Morgan fingerprint density at radius 1 is 0.242 bits per heavy atom. The van der Waals surface area contributed by atoms with E-state index in [1.54, 1.807) is 0 Å². The van der Waals surface area contributed by atoms with Gasteiger partial charge in [0.25, 0.3) is 0 Å². The standard InChI is InChI=1S/C61H39N/c1-2-16-41(17-3-1)45-18-11-15-29-60(45)62(44-35-37-50-48-21-5-4-19-46(48)47-20-6-7-22-49(47)55(50)39-44)43-33-30-40(31-34-43)42-32-36-54-53-25-10-14-28-58(53)61(59(54)38-42)56-26-12-8-23-51(56)52-24-9-13-27-57(52)61/h1-39H. The summed E-state index contributed by atoms with van der Waals surface area (Å²) in [6, 6.07) is 87.7. The summed E-state index contributed by atoms with van der Waals surface area (Å²) in [6.07, 6.45) is 0. The lowest BCUT2D eigenvalue weighted by Crippen LogP contribution is -2.25. The minimum absolute atomic E-state index is 0.376. The molecule has 0 aliphatic heterocycles. The van der Waals surface area contributed by atoms with Crippen molar-refractivity contribution >= 4 is 49.4 Å². The molecule has 13 rings (SSSR count). The van der Waals surface area contributed by atoms with Crippen LogP contribution in [0.1, 0.15) is 22.3 Å². The number of para-hydroxylation sites is 1. The maximum Gasteiger partial charge on any atom is 0.0725 e. The van der Waals surface area contributed by atoms with Crippen LogP contribution >= 0.6 is 0 Å².